The molecule has 0 saturated carbocycles. The monoisotopic (exact) mass is 318 g/mol. The van der Waals surface area contributed by atoms with Crippen molar-refractivity contribution in [2.45, 2.75) is 23.7 Å². The van der Waals surface area contributed by atoms with Crippen molar-refractivity contribution in [2.24, 2.45) is 0 Å². The maximum Gasteiger partial charge on any atom is 0.330 e. The molecule has 10 heteroatoms. The van der Waals surface area contributed by atoms with E-state index in [9.17, 15) is 23.1 Å². The fraction of sp³-hybridized carbons (Fsp3) is 0.636. The van der Waals surface area contributed by atoms with Crippen LogP contribution in [0, 0.1) is 0 Å². The van der Waals surface area contributed by atoms with Crippen molar-refractivity contribution >= 4 is 9.84 Å². The number of aliphatic hydroxyl groups excluding tert-OH is 1. The van der Waals surface area contributed by atoms with Crippen molar-refractivity contribution in [1.29, 1.82) is 0 Å². The van der Waals surface area contributed by atoms with Crippen LogP contribution in [0.1, 0.15) is 6.23 Å². The SMILES string of the molecule is O=c1ccn([C@@H]2O[C@H](CO)[C@@H]3[C@H]2OCCS3(=O)=O)c(=O)[nH]1. The molecule has 3 heterocycles. The summed E-state index contributed by atoms with van der Waals surface area (Å²) in [6, 6.07) is 1.13. The second-order valence-electron chi connectivity index (χ2n) is 4.93. The summed E-state index contributed by atoms with van der Waals surface area (Å²) < 4.78 is 36.3. The Morgan fingerprint density at radius 3 is 2.86 bits per heavy atom. The Labute approximate surface area is 119 Å². The maximum atomic E-state index is 12.1. The number of hydrogen-bond acceptors (Lipinski definition) is 7. The van der Waals surface area contributed by atoms with E-state index in [1.165, 1.54) is 6.20 Å². The van der Waals surface area contributed by atoms with Crippen molar-refractivity contribution in [3.05, 3.63) is 33.1 Å². The number of aromatic nitrogens is 2. The van der Waals surface area contributed by atoms with Crippen LogP contribution in [0.2, 0.25) is 0 Å². The van der Waals surface area contributed by atoms with E-state index in [1.807, 2.05) is 0 Å². The number of hydrogen-bond donors (Lipinski definition) is 2. The van der Waals surface area contributed by atoms with Gasteiger partial charge in [-0.25, -0.2) is 13.2 Å². The Hall–Kier alpha value is -1.49. The van der Waals surface area contributed by atoms with Gasteiger partial charge in [0, 0.05) is 12.3 Å². The Bertz CT molecular complexity index is 752. The molecule has 0 aromatic carbocycles. The molecule has 2 N–H and O–H groups in total. The molecule has 0 spiro atoms. The molecular formula is C11H14N2O7S. The zero-order chi connectivity index (χ0) is 15.2. The Kier molecular flexibility index (Phi) is 3.48. The molecule has 4 atom stereocenters. The minimum absolute atomic E-state index is 0.000384. The third-order valence-electron chi connectivity index (χ3n) is 3.68. The highest BCUT2D eigenvalue weighted by Crippen LogP contribution is 2.37. The van der Waals surface area contributed by atoms with E-state index in [-0.39, 0.29) is 12.4 Å². The minimum Gasteiger partial charge on any atom is -0.394 e. The highest BCUT2D eigenvalue weighted by atomic mass is 32.2. The predicted molar refractivity (Wildman–Crippen MR) is 69.6 cm³/mol. The van der Waals surface area contributed by atoms with Crippen LogP contribution in [0.5, 0.6) is 0 Å². The number of fused-ring (bicyclic) bond motifs is 1. The van der Waals surface area contributed by atoms with Gasteiger partial charge in [-0.05, 0) is 0 Å². The van der Waals surface area contributed by atoms with Crippen LogP contribution < -0.4 is 11.2 Å². The van der Waals surface area contributed by atoms with Crippen LogP contribution in [0.4, 0.5) is 0 Å². The summed E-state index contributed by atoms with van der Waals surface area (Å²) >= 11 is 0. The summed E-state index contributed by atoms with van der Waals surface area (Å²) in [5.74, 6) is -0.152. The summed E-state index contributed by atoms with van der Waals surface area (Å²) in [4.78, 5) is 25.0. The van der Waals surface area contributed by atoms with Gasteiger partial charge in [0.2, 0.25) is 0 Å². The molecule has 2 aliphatic rings. The first-order chi connectivity index (χ1) is 9.94. The van der Waals surface area contributed by atoms with Gasteiger partial charge in [-0.2, -0.15) is 0 Å². The lowest BCUT2D eigenvalue weighted by Gasteiger charge is -2.28. The molecule has 21 heavy (non-hydrogen) atoms. The molecule has 0 aliphatic carbocycles. The van der Waals surface area contributed by atoms with Gasteiger partial charge in [0.05, 0.1) is 19.0 Å². The van der Waals surface area contributed by atoms with Gasteiger partial charge >= 0.3 is 5.69 Å². The standard InChI is InChI=1S/C11H14N2O7S/c14-5-6-9-8(19-3-4-21(9,17)18)10(20-6)13-2-1-7(15)12-11(13)16/h1-2,6,8-10,14H,3-5H2,(H,12,15,16)/t6-,8-,9-,10-/m1/s1. The van der Waals surface area contributed by atoms with Crippen molar-refractivity contribution in [3.8, 4) is 0 Å². The lowest BCUT2D eigenvalue weighted by Crippen LogP contribution is -2.48. The van der Waals surface area contributed by atoms with Crippen molar-refractivity contribution < 1.29 is 23.0 Å². The Morgan fingerprint density at radius 1 is 1.43 bits per heavy atom. The van der Waals surface area contributed by atoms with E-state index in [2.05, 4.69) is 4.98 Å². The molecule has 0 unspecified atom stereocenters. The topological polar surface area (TPSA) is 128 Å². The Balaban J connectivity index is 2.05. The first-order valence-electron chi connectivity index (χ1n) is 6.35. The van der Waals surface area contributed by atoms with Crippen LogP contribution in [0.15, 0.2) is 21.9 Å². The smallest absolute Gasteiger partial charge is 0.330 e. The van der Waals surface area contributed by atoms with E-state index < -0.39 is 51.4 Å². The molecule has 2 aliphatic heterocycles. The van der Waals surface area contributed by atoms with Crippen LogP contribution in [0.25, 0.3) is 0 Å². The van der Waals surface area contributed by atoms with Crippen molar-refractivity contribution in [3.63, 3.8) is 0 Å². The van der Waals surface area contributed by atoms with Crippen LogP contribution in [-0.2, 0) is 19.3 Å². The number of aliphatic hydroxyl groups is 1. The molecule has 2 fully saturated rings. The van der Waals surface area contributed by atoms with E-state index in [0.29, 0.717) is 0 Å². The summed E-state index contributed by atoms with van der Waals surface area (Å²) in [6.07, 6.45) is -1.66. The number of H-pyrrole nitrogens is 1. The summed E-state index contributed by atoms with van der Waals surface area (Å²) in [5, 5.41) is 8.30. The number of aromatic amines is 1. The van der Waals surface area contributed by atoms with Crippen molar-refractivity contribution in [1.82, 2.24) is 9.55 Å². The molecular weight excluding hydrogens is 304 g/mol. The van der Waals surface area contributed by atoms with Crippen LogP contribution in [-0.4, -0.2) is 59.5 Å². The molecule has 3 rings (SSSR count). The third kappa shape index (κ3) is 2.33. The van der Waals surface area contributed by atoms with Crippen molar-refractivity contribution in [2.75, 3.05) is 19.0 Å². The molecule has 0 amide bonds. The van der Waals surface area contributed by atoms with Gasteiger partial charge in [-0.1, -0.05) is 0 Å². The molecule has 0 bridgehead atoms. The molecule has 116 valence electrons. The Morgan fingerprint density at radius 2 is 2.19 bits per heavy atom. The zero-order valence-electron chi connectivity index (χ0n) is 10.8. The zero-order valence-corrected chi connectivity index (χ0v) is 11.7. The van der Waals surface area contributed by atoms with Gasteiger partial charge in [-0.3, -0.25) is 14.3 Å². The van der Waals surface area contributed by atoms with Crippen LogP contribution >= 0.6 is 0 Å². The molecule has 1 aromatic rings. The number of ether oxygens (including phenoxy) is 2. The van der Waals surface area contributed by atoms with E-state index in [1.54, 1.807) is 0 Å². The molecule has 2 saturated heterocycles. The maximum absolute atomic E-state index is 12.1. The molecule has 0 radical (unpaired) electrons. The largest absolute Gasteiger partial charge is 0.394 e. The summed E-state index contributed by atoms with van der Waals surface area (Å²) in [6.45, 7) is -0.502. The quantitative estimate of drug-likeness (QED) is 0.622. The molecule has 1 aromatic heterocycles. The lowest BCUT2D eigenvalue weighted by atomic mass is 10.2. The summed E-state index contributed by atoms with van der Waals surface area (Å²) in [7, 11) is -3.48. The van der Waals surface area contributed by atoms with Gasteiger partial charge in [0.1, 0.15) is 17.5 Å². The fourth-order valence-corrected chi connectivity index (χ4v) is 4.59. The van der Waals surface area contributed by atoms with Gasteiger partial charge in [-0.15, -0.1) is 0 Å². The first kappa shape index (κ1) is 14.4. The fourth-order valence-electron chi connectivity index (χ4n) is 2.76. The average Bonchev–Trinajstić information content (AvgIpc) is 2.79. The molecule has 9 nitrogen and oxygen atoms in total. The third-order valence-corrected chi connectivity index (χ3v) is 5.82. The number of sulfone groups is 1. The average molecular weight is 318 g/mol. The number of nitrogens with zero attached hydrogens (tertiary/aromatic N) is 1. The highest BCUT2D eigenvalue weighted by Gasteiger charge is 2.54. The van der Waals surface area contributed by atoms with Gasteiger partial charge < -0.3 is 14.6 Å². The second-order valence-corrected chi connectivity index (χ2v) is 7.21. The van der Waals surface area contributed by atoms with E-state index in [0.717, 1.165) is 10.6 Å². The van der Waals surface area contributed by atoms with Gasteiger partial charge in [0.25, 0.3) is 5.56 Å². The highest BCUT2D eigenvalue weighted by molar-refractivity contribution is 7.92. The lowest BCUT2D eigenvalue weighted by molar-refractivity contribution is -0.0706. The first-order valence-corrected chi connectivity index (χ1v) is 8.06. The number of nitrogens with one attached hydrogen (secondary N) is 1. The predicted octanol–water partition coefficient (Wildman–Crippen LogP) is -2.39. The number of rotatable bonds is 2. The normalized spacial score (nSPS) is 34.5. The van der Waals surface area contributed by atoms with E-state index in [4.69, 9.17) is 9.47 Å². The van der Waals surface area contributed by atoms with Gasteiger partial charge in [0.15, 0.2) is 16.1 Å². The summed E-state index contributed by atoms with van der Waals surface area (Å²) in [5.41, 5.74) is -1.29. The van der Waals surface area contributed by atoms with Crippen LogP contribution in [0.3, 0.4) is 0 Å². The van der Waals surface area contributed by atoms with E-state index >= 15 is 0 Å². The second kappa shape index (κ2) is 5.05. The minimum atomic E-state index is -3.48.